The second-order valence-corrected chi connectivity index (χ2v) is 4.64. The number of carbonyl (C=O) groups excluding carboxylic acids is 1. The van der Waals surface area contributed by atoms with Gasteiger partial charge in [-0.25, -0.2) is 9.59 Å². The van der Waals surface area contributed by atoms with Crippen molar-refractivity contribution in [3.63, 3.8) is 0 Å². The lowest BCUT2D eigenvalue weighted by molar-refractivity contribution is 0.0702. The number of ether oxygens (including phenoxy) is 1. The third-order valence-corrected chi connectivity index (χ3v) is 3.74. The number of nitrogens with zero attached hydrogens (tertiary/aromatic N) is 1. The molecule has 0 aromatic carbocycles. The summed E-state index contributed by atoms with van der Waals surface area (Å²) < 4.78 is 4.63. The maximum Gasteiger partial charge on any atom is 0.409 e. The molecule has 1 N–H and O–H groups in total. The van der Waals surface area contributed by atoms with Crippen LogP contribution in [0.15, 0.2) is 6.07 Å². The molecule has 1 aliphatic heterocycles. The molecule has 0 radical (unpaired) electrons. The van der Waals surface area contributed by atoms with E-state index in [0.29, 0.717) is 24.4 Å². The van der Waals surface area contributed by atoms with Crippen LogP contribution in [0.3, 0.4) is 0 Å². The molecule has 0 fully saturated rings. The van der Waals surface area contributed by atoms with E-state index in [0.717, 1.165) is 10.4 Å². The van der Waals surface area contributed by atoms with E-state index in [9.17, 15) is 9.59 Å². The average molecular weight is 241 g/mol. The third kappa shape index (κ3) is 1.88. The molecule has 0 saturated heterocycles. The fraction of sp³-hybridized carbons (Fsp3) is 0.400. The highest BCUT2D eigenvalue weighted by atomic mass is 32.1. The van der Waals surface area contributed by atoms with Crippen LogP contribution in [0.2, 0.25) is 0 Å². The summed E-state index contributed by atoms with van der Waals surface area (Å²) in [6, 6.07) is 1.64. The molecule has 0 atom stereocenters. The second-order valence-electron chi connectivity index (χ2n) is 3.51. The van der Waals surface area contributed by atoms with Crippen LogP contribution >= 0.6 is 11.3 Å². The number of hydrogen-bond acceptors (Lipinski definition) is 4. The van der Waals surface area contributed by atoms with Gasteiger partial charge in [0.2, 0.25) is 0 Å². The monoisotopic (exact) mass is 241 g/mol. The van der Waals surface area contributed by atoms with E-state index in [2.05, 4.69) is 4.74 Å². The second kappa shape index (κ2) is 4.13. The molecule has 1 amide bonds. The van der Waals surface area contributed by atoms with Gasteiger partial charge >= 0.3 is 12.1 Å². The Labute approximate surface area is 96.2 Å². The fourth-order valence-corrected chi connectivity index (χ4v) is 2.73. The van der Waals surface area contributed by atoms with Gasteiger partial charge in [-0.1, -0.05) is 0 Å². The zero-order valence-corrected chi connectivity index (χ0v) is 9.54. The van der Waals surface area contributed by atoms with Crippen molar-refractivity contribution in [2.45, 2.75) is 13.0 Å². The molecule has 1 aromatic heterocycles. The molecule has 16 heavy (non-hydrogen) atoms. The summed E-state index contributed by atoms with van der Waals surface area (Å²) in [6.07, 6.45) is 0.330. The highest BCUT2D eigenvalue weighted by Crippen LogP contribution is 2.28. The molecule has 1 aliphatic rings. The average Bonchev–Trinajstić information content (AvgIpc) is 2.70. The number of carboxylic acid groups (broad SMARTS) is 1. The predicted octanol–water partition coefficient (Wildman–Crippen LogP) is 1.57. The minimum absolute atomic E-state index is 0.330. The van der Waals surface area contributed by atoms with Crippen LogP contribution in [-0.2, 0) is 17.7 Å². The molecular weight excluding hydrogens is 230 g/mol. The highest BCUT2D eigenvalue weighted by molar-refractivity contribution is 7.14. The summed E-state index contributed by atoms with van der Waals surface area (Å²) in [5.41, 5.74) is 0.916. The van der Waals surface area contributed by atoms with Crippen LogP contribution in [-0.4, -0.2) is 35.7 Å². The van der Waals surface area contributed by atoms with Gasteiger partial charge in [0.25, 0.3) is 0 Å². The van der Waals surface area contributed by atoms with Crippen molar-refractivity contribution in [3.8, 4) is 0 Å². The van der Waals surface area contributed by atoms with Gasteiger partial charge in [-0.3, -0.25) is 0 Å². The molecule has 6 heteroatoms. The number of aromatic carboxylic acids is 1. The smallest absolute Gasteiger partial charge is 0.409 e. The van der Waals surface area contributed by atoms with E-state index in [1.54, 1.807) is 11.0 Å². The SMILES string of the molecule is COC(=O)N1CCc2sc(C(=O)O)cc2C1. The molecule has 5 nitrogen and oxygen atoms in total. The lowest BCUT2D eigenvalue weighted by Gasteiger charge is -2.25. The topological polar surface area (TPSA) is 66.8 Å². The largest absolute Gasteiger partial charge is 0.477 e. The fourth-order valence-electron chi connectivity index (χ4n) is 1.72. The van der Waals surface area contributed by atoms with Crippen molar-refractivity contribution in [2.24, 2.45) is 0 Å². The summed E-state index contributed by atoms with van der Waals surface area (Å²) in [5.74, 6) is -0.913. The van der Waals surface area contributed by atoms with E-state index in [4.69, 9.17) is 5.11 Å². The van der Waals surface area contributed by atoms with E-state index < -0.39 is 5.97 Å². The van der Waals surface area contributed by atoms with Crippen LogP contribution in [0.1, 0.15) is 20.1 Å². The first-order valence-corrected chi connectivity index (χ1v) is 5.61. The maximum atomic E-state index is 11.3. The molecule has 0 saturated carbocycles. The van der Waals surface area contributed by atoms with Gasteiger partial charge in [-0.15, -0.1) is 11.3 Å². The van der Waals surface area contributed by atoms with Crippen LogP contribution in [0.25, 0.3) is 0 Å². The molecule has 0 bridgehead atoms. The Balaban J connectivity index is 2.20. The summed E-state index contributed by atoms with van der Waals surface area (Å²) in [7, 11) is 1.34. The molecule has 0 spiro atoms. The minimum Gasteiger partial charge on any atom is -0.477 e. The lowest BCUT2D eigenvalue weighted by Crippen LogP contribution is -2.35. The molecule has 0 unspecified atom stereocenters. The number of amides is 1. The minimum atomic E-state index is -0.913. The van der Waals surface area contributed by atoms with E-state index >= 15 is 0 Å². The molecular formula is C10H11NO4S. The van der Waals surface area contributed by atoms with E-state index in [1.807, 2.05) is 0 Å². The Morgan fingerprint density at radius 3 is 2.94 bits per heavy atom. The summed E-state index contributed by atoms with van der Waals surface area (Å²) in [5, 5.41) is 8.86. The summed E-state index contributed by atoms with van der Waals surface area (Å²) in [4.78, 5) is 25.1. The Kier molecular flexibility index (Phi) is 2.82. The first kappa shape index (κ1) is 10.9. The summed E-state index contributed by atoms with van der Waals surface area (Å²) in [6.45, 7) is 1.02. The first-order chi connectivity index (χ1) is 7.61. The Morgan fingerprint density at radius 2 is 2.31 bits per heavy atom. The van der Waals surface area contributed by atoms with Crippen molar-refractivity contribution in [2.75, 3.05) is 13.7 Å². The standard InChI is InChI=1S/C10H11NO4S/c1-15-10(14)11-3-2-7-6(5-11)4-8(16-7)9(12)13/h4H,2-3,5H2,1H3,(H,12,13). The van der Waals surface area contributed by atoms with Crippen molar-refractivity contribution in [3.05, 3.63) is 21.4 Å². The van der Waals surface area contributed by atoms with E-state index in [-0.39, 0.29) is 6.09 Å². The normalized spacial score (nSPS) is 14.4. The highest BCUT2D eigenvalue weighted by Gasteiger charge is 2.24. The number of carboxylic acids is 1. The Morgan fingerprint density at radius 1 is 1.56 bits per heavy atom. The summed E-state index contributed by atoms with van der Waals surface area (Å²) >= 11 is 1.29. The first-order valence-electron chi connectivity index (χ1n) is 4.79. The van der Waals surface area contributed by atoms with Crippen molar-refractivity contribution in [1.82, 2.24) is 4.90 Å². The van der Waals surface area contributed by atoms with Crippen LogP contribution < -0.4 is 0 Å². The van der Waals surface area contributed by atoms with Crippen molar-refractivity contribution in [1.29, 1.82) is 0 Å². The molecule has 86 valence electrons. The zero-order chi connectivity index (χ0) is 11.7. The van der Waals surface area contributed by atoms with Gasteiger partial charge in [-0.2, -0.15) is 0 Å². The Hall–Kier alpha value is -1.56. The predicted molar refractivity (Wildman–Crippen MR) is 57.8 cm³/mol. The van der Waals surface area contributed by atoms with Gasteiger partial charge in [0.15, 0.2) is 0 Å². The maximum absolute atomic E-state index is 11.3. The van der Waals surface area contributed by atoms with E-state index in [1.165, 1.54) is 18.4 Å². The van der Waals surface area contributed by atoms with Gasteiger partial charge in [-0.05, 0) is 18.1 Å². The van der Waals surface area contributed by atoms with Crippen molar-refractivity contribution < 1.29 is 19.4 Å². The quantitative estimate of drug-likeness (QED) is 0.810. The van der Waals surface area contributed by atoms with Gasteiger partial charge in [0.05, 0.1) is 13.7 Å². The van der Waals surface area contributed by atoms with Crippen LogP contribution in [0.5, 0.6) is 0 Å². The number of methoxy groups -OCH3 is 1. The van der Waals surface area contributed by atoms with Gasteiger partial charge < -0.3 is 14.7 Å². The molecule has 2 heterocycles. The molecule has 2 rings (SSSR count). The number of fused-ring (bicyclic) bond motifs is 1. The molecule has 1 aromatic rings. The molecule has 0 aliphatic carbocycles. The number of thiophene rings is 1. The lowest BCUT2D eigenvalue weighted by atomic mass is 10.1. The zero-order valence-electron chi connectivity index (χ0n) is 8.73. The van der Waals surface area contributed by atoms with Gasteiger partial charge in [0, 0.05) is 11.4 Å². The van der Waals surface area contributed by atoms with Gasteiger partial charge in [0.1, 0.15) is 4.88 Å². The Bertz CT molecular complexity index is 440. The number of rotatable bonds is 1. The third-order valence-electron chi connectivity index (χ3n) is 2.51. The number of carbonyl (C=O) groups is 2. The van der Waals surface area contributed by atoms with Crippen LogP contribution in [0.4, 0.5) is 4.79 Å². The number of hydrogen-bond donors (Lipinski definition) is 1. The van der Waals surface area contributed by atoms with Crippen molar-refractivity contribution >= 4 is 23.4 Å². The van der Waals surface area contributed by atoms with Crippen LogP contribution in [0, 0.1) is 0 Å².